The Morgan fingerprint density at radius 3 is 2.72 bits per heavy atom. The van der Waals surface area contributed by atoms with Crippen LogP contribution in [0.25, 0.3) is 10.9 Å². The van der Waals surface area contributed by atoms with Crippen molar-refractivity contribution in [1.82, 2.24) is 14.7 Å². The highest BCUT2D eigenvalue weighted by atomic mass is 79.9. The van der Waals surface area contributed by atoms with Gasteiger partial charge in [-0.3, -0.25) is 0 Å². The van der Waals surface area contributed by atoms with Gasteiger partial charge in [0.15, 0.2) is 0 Å². The summed E-state index contributed by atoms with van der Waals surface area (Å²) in [4.78, 5) is 11.2. The largest absolute Gasteiger partial charge is 0.356 e. The van der Waals surface area contributed by atoms with Gasteiger partial charge in [-0.2, -0.15) is 8.42 Å². The Bertz CT molecular complexity index is 866. The monoisotopic (exact) mass is 427 g/mol. The number of nitrogens with zero attached hydrogens (tertiary/aromatic N) is 3. The van der Waals surface area contributed by atoms with Gasteiger partial charge in [-0.15, -0.1) is 0 Å². The number of nitrogens with two attached hydrogens (primary N) is 1. The lowest BCUT2D eigenvalue weighted by Gasteiger charge is -2.33. The predicted molar refractivity (Wildman–Crippen MR) is 103 cm³/mol. The molecular formula is C16H22BrN5O2S. The van der Waals surface area contributed by atoms with E-state index >= 15 is 0 Å². The molecule has 0 atom stereocenters. The first-order valence-electron chi connectivity index (χ1n) is 8.26. The van der Waals surface area contributed by atoms with E-state index in [-0.39, 0.29) is 0 Å². The molecule has 3 rings (SSSR count). The van der Waals surface area contributed by atoms with E-state index in [1.807, 2.05) is 0 Å². The van der Waals surface area contributed by atoms with Gasteiger partial charge in [0.1, 0.15) is 12.1 Å². The second-order valence-corrected chi connectivity index (χ2v) is 8.73. The molecule has 3 N–H and O–H groups in total. The second-order valence-electron chi connectivity index (χ2n) is 6.50. The number of piperidine rings is 1. The quantitative estimate of drug-likeness (QED) is 0.760. The van der Waals surface area contributed by atoms with E-state index in [0.717, 1.165) is 53.5 Å². The van der Waals surface area contributed by atoms with Crippen molar-refractivity contribution in [2.75, 3.05) is 24.5 Å². The molecule has 2 aromatic rings. The number of rotatable bonds is 5. The maximum Gasteiger partial charge on any atom is 0.274 e. The first-order chi connectivity index (χ1) is 11.8. The van der Waals surface area contributed by atoms with Crippen molar-refractivity contribution in [1.29, 1.82) is 0 Å². The number of fused-ring (bicyclic) bond motifs is 1. The van der Waals surface area contributed by atoms with Gasteiger partial charge < -0.3 is 4.90 Å². The standard InChI is InChI=1S/C16H22BrN5O2S/c1-11-8-13-15(14(17)9-11)19-10-20-16(13)22-6-3-12(4-7-22)2-5-21-25(18,23)24/h8-10,12,21H,2-7H2,1H3,(H2,18,23,24). The van der Waals surface area contributed by atoms with Crippen LogP contribution in [0.2, 0.25) is 0 Å². The summed E-state index contributed by atoms with van der Waals surface area (Å²) in [6.07, 6.45) is 4.43. The van der Waals surface area contributed by atoms with Crippen LogP contribution in [0.15, 0.2) is 22.9 Å². The zero-order chi connectivity index (χ0) is 18.0. The van der Waals surface area contributed by atoms with E-state index in [4.69, 9.17) is 5.14 Å². The van der Waals surface area contributed by atoms with Crippen LogP contribution < -0.4 is 14.8 Å². The van der Waals surface area contributed by atoms with Crippen molar-refractivity contribution in [2.45, 2.75) is 26.2 Å². The summed E-state index contributed by atoms with van der Waals surface area (Å²) in [6.45, 7) is 4.26. The maximum atomic E-state index is 10.9. The van der Waals surface area contributed by atoms with Crippen molar-refractivity contribution < 1.29 is 8.42 Å². The highest BCUT2D eigenvalue weighted by Gasteiger charge is 2.22. The molecule has 1 aromatic carbocycles. The molecule has 1 saturated heterocycles. The van der Waals surface area contributed by atoms with Gasteiger partial charge in [0, 0.05) is 29.5 Å². The molecule has 136 valence electrons. The number of hydrogen-bond donors (Lipinski definition) is 2. The van der Waals surface area contributed by atoms with Crippen LogP contribution >= 0.6 is 15.9 Å². The molecule has 1 fully saturated rings. The van der Waals surface area contributed by atoms with E-state index in [1.54, 1.807) is 6.33 Å². The van der Waals surface area contributed by atoms with Crippen molar-refractivity contribution >= 4 is 42.9 Å². The third-order valence-corrected chi connectivity index (χ3v) is 5.80. The zero-order valence-corrected chi connectivity index (χ0v) is 16.5. The Hall–Kier alpha value is -1.29. The summed E-state index contributed by atoms with van der Waals surface area (Å²) < 4.78 is 25.2. The SMILES string of the molecule is Cc1cc(Br)c2ncnc(N3CCC(CCNS(N)(=O)=O)CC3)c2c1. The molecular weight excluding hydrogens is 406 g/mol. The molecule has 0 bridgehead atoms. The van der Waals surface area contributed by atoms with Crippen LogP contribution in [0, 0.1) is 12.8 Å². The third kappa shape index (κ3) is 4.66. The Balaban J connectivity index is 1.68. The van der Waals surface area contributed by atoms with Crippen LogP contribution in [-0.4, -0.2) is 38.0 Å². The lowest BCUT2D eigenvalue weighted by molar-refractivity contribution is 0.381. The van der Waals surface area contributed by atoms with Crippen LogP contribution in [0.1, 0.15) is 24.8 Å². The third-order valence-electron chi connectivity index (χ3n) is 4.59. The summed E-state index contributed by atoms with van der Waals surface area (Å²) in [5.74, 6) is 1.46. The van der Waals surface area contributed by atoms with Crippen LogP contribution in [0.4, 0.5) is 5.82 Å². The lowest BCUT2D eigenvalue weighted by Crippen LogP contribution is -2.37. The molecule has 2 heterocycles. The average molecular weight is 428 g/mol. The summed E-state index contributed by atoms with van der Waals surface area (Å²) in [6, 6.07) is 4.18. The van der Waals surface area contributed by atoms with Gasteiger partial charge in [0.2, 0.25) is 0 Å². The van der Waals surface area contributed by atoms with E-state index < -0.39 is 10.2 Å². The number of halogens is 1. The summed E-state index contributed by atoms with van der Waals surface area (Å²) in [5.41, 5.74) is 2.09. The van der Waals surface area contributed by atoms with Gasteiger partial charge in [-0.05, 0) is 65.7 Å². The molecule has 1 aliphatic rings. The summed E-state index contributed by atoms with van der Waals surface area (Å²) >= 11 is 3.58. The van der Waals surface area contributed by atoms with E-state index in [0.29, 0.717) is 12.5 Å². The fourth-order valence-electron chi connectivity index (χ4n) is 3.34. The average Bonchev–Trinajstić information content (AvgIpc) is 2.54. The number of anilines is 1. The molecule has 25 heavy (non-hydrogen) atoms. The number of hydrogen-bond acceptors (Lipinski definition) is 5. The van der Waals surface area contributed by atoms with Crippen molar-refractivity contribution in [3.63, 3.8) is 0 Å². The first-order valence-corrected chi connectivity index (χ1v) is 10.6. The highest BCUT2D eigenvalue weighted by Crippen LogP contribution is 2.32. The minimum absolute atomic E-state index is 0.395. The molecule has 0 saturated carbocycles. The fraction of sp³-hybridized carbons (Fsp3) is 0.500. The minimum atomic E-state index is -3.59. The lowest BCUT2D eigenvalue weighted by atomic mass is 9.93. The summed E-state index contributed by atoms with van der Waals surface area (Å²) in [7, 11) is -3.59. The molecule has 1 aliphatic heterocycles. The van der Waals surface area contributed by atoms with Gasteiger partial charge in [-0.25, -0.2) is 19.8 Å². The number of aromatic nitrogens is 2. The van der Waals surface area contributed by atoms with Crippen LogP contribution in [0.3, 0.4) is 0 Å². The molecule has 0 amide bonds. The maximum absolute atomic E-state index is 10.9. The fourth-order valence-corrected chi connectivity index (χ4v) is 4.42. The molecule has 0 unspecified atom stereocenters. The molecule has 0 spiro atoms. The van der Waals surface area contributed by atoms with E-state index in [9.17, 15) is 8.42 Å². The van der Waals surface area contributed by atoms with E-state index in [2.05, 4.69) is 54.6 Å². The van der Waals surface area contributed by atoms with Crippen LogP contribution in [0.5, 0.6) is 0 Å². The summed E-state index contributed by atoms with van der Waals surface area (Å²) in [5, 5.41) is 6.02. The topological polar surface area (TPSA) is 101 Å². The molecule has 1 aromatic heterocycles. The van der Waals surface area contributed by atoms with Crippen molar-refractivity contribution in [2.24, 2.45) is 11.1 Å². The molecule has 7 nitrogen and oxygen atoms in total. The Labute approximate surface area is 156 Å². The van der Waals surface area contributed by atoms with Gasteiger partial charge in [0.25, 0.3) is 10.2 Å². The first kappa shape index (κ1) is 18.5. The normalized spacial score (nSPS) is 16.5. The predicted octanol–water partition coefficient (Wildman–Crippen LogP) is 2.10. The Morgan fingerprint density at radius 1 is 1.32 bits per heavy atom. The van der Waals surface area contributed by atoms with Crippen molar-refractivity contribution in [3.8, 4) is 0 Å². The number of nitrogens with one attached hydrogen (secondary N) is 1. The van der Waals surface area contributed by atoms with Gasteiger partial charge in [0.05, 0.1) is 5.52 Å². The second kappa shape index (κ2) is 7.53. The van der Waals surface area contributed by atoms with Crippen LogP contribution in [-0.2, 0) is 10.2 Å². The molecule has 0 aliphatic carbocycles. The Kier molecular flexibility index (Phi) is 5.57. The Morgan fingerprint density at radius 2 is 2.04 bits per heavy atom. The minimum Gasteiger partial charge on any atom is -0.356 e. The molecule has 0 radical (unpaired) electrons. The highest BCUT2D eigenvalue weighted by molar-refractivity contribution is 9.10. The van der Waals surface area contributed by atoms with Crippen molar-refractivity contribution in [3.05, 3.63) is 28.5 Å². The van der Waals surface area contributed by atoms with Gasteiger partial charge >= 0.3 is 0 Å². The zero-order valence-electron chi connectivity index (χ0n) is 14.1. The number of aryl methyl sites for hydroxylation is 1. The van der Waals surface area contributed by atoms with Gasteiger partial charge in [-0.1, -0.05) is 0 Å². The number of benzene rings is 1. The van der Waals surface area contributed by atoms with E-state index in [1.165, 1.54) is 5.56 Å². The molecule has 9 heteroatoms. The smallest absolute Gasteiger partial charge is 0.274 e.